The summed E-state index contributed by atoms with van der Waals surface area (Å²) in [4.78, 5) is 16.1. The Kier molecular flexibility index (Phi) is 5.26. The van der Waals surface area contributed by atoms with Crippen LogP contribution in [0.1, 0.15) is 5.89 Å². The van der Waals surface area contributed by atoms with Crippen molar-refractivity contribution in [3.8, 4) is 17.1 Å². The molecular formula is C18H18N4O3. The van der Waals surface area contributed by atoms with Gasteiger partial charge in [0.05, 0.1) is 7.11 Å². The second-order valence-electron chi connectivity index (χ2n) is 5.24. The molecule has 2 aromatic carbocycles. The van der Waals surface area contributed by atoms with E-state index in [2.05, 4.69) is 20.8 Å². The maximum atomic E-state index is 11.8. The molecule has 3 rings (SSSR count). The average molecular weight is 338 g/mol. The molecule has 0 aliphatic carbocycles. The number of hydrogen-bond donors (Lipinski definition) is 2. The van der Waals surface area contributed by atoms with Gasteiger partial charge in [-0.05, 0) is 36.4 Å². The second kappa shape index (κ2) is 7.96. The van der Waals surface area contributed by atoms with Crippen LogP contribution in [0.15, 0.2) is 59.1 Å². The monoisotopic (exact) mass is 338 g/mol. The average Bonchev–Trinajstić information content (AvgIpc) is 3.11. The molecule has 0 radical (unpaired) electrons. The number of rotatable bonds is 6. The lowest BCUT2D eigenvalue weighted by atomic mass is 10.2. The molecule has 128 valence electrons. The Morgan fingerprint density at radius 3 is 2.60 bits per heavy atom. The van der Waals surface area contributed by atoms with Gasteiger partial charge in [-0.3, -0.25) is 0 Å². The summed E-state index contributed by atoms with van der Waals surface area (Å²) in [5.41, 5.74) is 1.57. The smallest absolute Gasteiger partial charge is 0.319 e. The molecule has 0 spiro atoms. The first-order chi connectivity index (χ1) is 12.2. The molecule has 2 N–H and O–H groups in total. The van der Waals surface area contributed by atoms with Crippen LogP contribution in [0.25, 0.3) is 11.4 Å². The summed E-state index contributed by atoms with van der Waals surface area (Å²) in [7, 11) is 1.61. The van der Waals surface area contributed by atoms with Gasteiger partial charge in [-0.25, -0.2) is 4.79 Å². The summed E-state index contributed by atoms with van der Waals surface area (Å²) in [6, 6.07) is 16.3. The number of methoxy groups -OCH3 is 1. The molecule has 0 aliphatic heterocycles. The molecule has 0 saturated carbocycles. The van der Waals surface area contributed by atoms with Crippen molar-refractivity contribution >= 4 is 11.7 Å². The molecule has 2 amide bonds. The summed E-state index contributed by atoms with van der Waals surface area (Å²) >= 11 is 0. The van der Waals surface area contributed by atoms with Gasteiger partial charge in [0.15, 0.2) is 0 Å². The van der Waals surface area contributed by atoms with Gasteiger partial charge in [0.1, 0.15) is 5.75 Å². The van der Waals surface area contributed by atoms with E-state index in [9.17, 15) is 4.79 Å². The lowest BCUT2D eigenvalue weighted by Crippen LogP contribution is -2.30. The Balaban J connectivity index is 1.49. The molecule has 0 fully saturated rings. The Bertz CT molecular complexity index is 816. The van der Waals surface area contributed by atoms with Crippen molar-refractivity contribution in [2.24, 2.45) is 0 Å². The zero-order valence-corrected chi connectivity index (χ0v) is 13.7. The predicted molar refractivity (Wildman–Crippen MR) is 93.5 cm³/mol. The third-order valence-corrected chi connectivity index (χ3v) is 3.47. The predicted octanol–water partition coefficient (Wildman–Crippen LogP) is 3.11. The van der Waals surface area contributed by atoms with E-state index in [1.165, 1.54) is 0 Å². The molecule has 0 unspecified atom stereocenters. The van der Waals surface area contributed by atoms with Crippen molar-refractivity contribution in [1.29, 1.82) is 0 Å². The van der Waals surface area contributed by atoms with Gasteiger partial charge in [0, 0.05) is 24.2 Å². The molecule has 0 aliphatic rings. The Morgan fingerprint density at radius 1 is 1.12 bits per heavy atom. The molecule has 25 heavy (non-hydrogen) atoms. The van der Waals surface area contributed by atoms with Crippen LogP contribution < -0.4 is 15.4 Å². The maximum Gasteiger partial charge on any atom is 0.319 e. The highest BCUT2D eigenvalue weighted by Crippen LogP contribution is 2.19. The third-order valence-electron chi connectivity index (χ3n) is 3.47. The number of benzene rings is 2. The summed E-state index contributed by atoms with van der Waals surface area (Å²) < 4.78 is 10.3. The molecule has 0 saturated heterocycles. The highest BCUT2D eigenvalue weighted by atomic mass is 16.5. The molecular weight excluding hydrogens is 320 g/mol. The number of carbonyl (C=O) groups excluding carboxylic acids is 1. The van der Waals surface area contributed by atoms with Crippen molar-refractivity contribution in [1.82, 2.24) is 15.5 Å². The largest absolute Gasteiger partial charge is 0.497 e. The number of para-hydroxylation sites is 1. The zero-order valence-electron chi connectivity index (χ0n) is 13.7. The van der Waals surface area contributed by atoms with Gasteiger partial charge in [-0.15, -0.1) is 0 Å². The minimum absolute atomic E-state index is 0.277. The number of hydrogen-bond acceptors (Lipinski definition) is 5. The van der Waals surface area contributed by atoms with Crippen LogP contribution in [-0.2, 0) is 6.42 Å². The van der Waals surface area contributed by atoms with Crippen LogP contribution in [0.2, 0.25) is 0 Å². The highest BCUT2D eigenvalue weighted by Gasteiger charge is 2.09. The van der Waals surface area contributed by atoms with Crippen LogP contribution in [0.4, 0.5) is 10.5 Å². The van der Waals surface area contributed by atoms with Crippen molar-refractivity contribution in [2.45, 2.75) is 6.42 Å². The van der Waals surface area contributed by atoms with Gasteiger partial charge in [0.25, 0.3) is 0 Å². The van der Waals surface area contributed by atoms with E-state index in [0.29, 0.717) is 24.7 Å². The van der Waals surface area contributed by atoms with Crippen LogP contribution in [0.3, 0.4) is 0 Å². The van der Waals surface area contributed by atoms with Gasteiger partial charge in [-0.1, -0.05) is 23.4 Å². The van der Waals surface area contributed by atoms with E-state index in [1.54, 1.807) is 7.11 Å². The number of nitrogens with one attached hydrogen (secondary N) is 2. The van der Waals surface area contributed by atoms with E-state index in [1.807, 2.05) is 54.6 Å². The number of ether oxygens (including phenoxy) is 1. The Hall–Kier alpha value is -3.35. The third kappa shape index (κ3) is 4.57. The number of nitrogens with zero attached hydrogens (tertiary/aromatic N) is 2. The molecule has 0 bridgehead atoms. The van der Waals surface area contributed by atoms with Gasteiger partial charge < -0.3 is 19.9 Å². The molecule has 3 aromatic rings. The number of urea groups is 1. The van der Waals surface area contributed by atoms with E-state index >= 15 is 0 Å². The minimum Gasteiger partial charge on any atom is -0.497 e. The fraction of sp³-hybridized carbons (Fsp3) is 0.167. The molecule has 1 aromatic heterocycles. The Labute approximate surface area is 145 Å². The number of aromatic nitrogens is 2. The van der Waals surface area contributed by atoms with Gasteiger partial charge >= 0.3 is 6.03 Å². The van der Waals surface area contributed by atoms with Crippen molar-refractivity contribution < 1.29 is 14.1 Å². The van der Waals surface area contributed by atoms with Crippen molar-refractivity contribution in [3.63, 3.8) is 0 Å². The zero-order chi connectivity index (χ0) is 17.5. The summed E-state index contributed by atoms with van der Waals surface area (Å²) in [5.74, 6) is 1.73. The summed E-state index contributed by atoms with van der Waals surface area (Å²) in [6.45, 7) is 0.392. The highest BCUT2D eigenvalue weighted by molar-refractivity contribution is 5.89. The van der Waals surface area contributed by atoms with Crippen molar-refractivity contribution in [3.05, 3.63) is 60.5 Å². The van der Waals surface area contributed by atoms with Crippen LogP contribution in [0.5, 0.6) is 5.75 Å². The Morgan fingerprint density at radius 2 is 1.88 bits per heavy atom. The van der Waals surface area contributed by atoms with E-state index in [-0.39, 0.29) is 6.03 Å². The second-order valence-corrected chi connectivity index (χ2v) is 5.24. The fourth-order valence-electron chi connectivity index (χ4n) is 2.19. The normalized spacial score (nSPS) is 10.3. The summed E-state index contributed by atoms with van der Waals surface area (Å²) in [6.07, 6.45) is 0.450. The first-order valence-corrected chi connectivity index (χ1v) is 7.81. The molecule has 1 heterocycles. The van der Waals surface area contributed by atoms with Crippen molar-refractivity contribution in [2.75, 3.05) is 19.0 Å². The van der Waals surface area contributed by atoms with Crippen LogP contribution >= 0.6 is 0 Å². The molecule has 7 heteroatoms. The van der Waals surface area contributed by atoms with Gasteiger partial charge in [0.2, 0.25) is 11.7 Å². The fourth-order valence-corrected chi connectivity index (χ4v) is 2.19. The standard InChI is InChI=1S/C18H18N4O3/c1-24-15-9-7-13(8-10-15)17-21-16(25-22-17)11-12-19-18(23)20-14-5-3-2-4-6-14/h2-10H,11-12H2,1H3,(H2,19,20,23). The minimum atomic E-state index is -0.277. The van der Waals surface area contributed by atoms with Crippen LogP contribution in [0, 0.1) is 0 Å². The number of amides is 2. The number of carbonyl (C=O) groups is 1. The molecule has 7 nitrogen and oxygen atoms in total. The number of anilines is 1. The SMILES string of the molecule is COc1ccc(-c2noc(CCNC(=O)Nc3ccccc3)n2)cc1. The van der Waals surface area contributed by atoms with E-state index in [4.69, 9.17) is 9.26 Å². The first-order valence-electron chi connectivity index (χ1n) is 7.81. The van der Waals surface area contributed by atoms with E-state index < -0.39 is 0 Å². The lowest BCUT2D eigenvalue weighted by Gasteiger charge is -2.05. The quantitative estimate of drug-likeness (QED) is 0.721. The van der Waals surface area contributed by atoms with E-state index in [0.717, 1.165) is 17.0 Å². The maximum absolute atomic E-state index is 11.8. The lowest BCUT2D eigenvalue weighted by molar-refractivity contribution is 0.252. The van der Waals surface area contributed by atoms with Gasteiger partial charge in [-0.2, -0.15) is 4.98 Å². The topological polar surface area (TPSA) is 89.3 Å². The summed E-state index contributed by atoms with van der Waals surface area (Å²) in [5, 5.41) is 9.44. The first kappa shape index (κ1) is 16.5. The van der Waals surface area contributed by atoms with Crippen LogP contribution in [-0.4, -0.2) is 29.8 Å². The molecule has 0 atom stereocenters.